The van der Waals surface area contributed by atoms with Gasteiger partial charge in [0.25, 0.3) is 0 Å². The Morgan fingerprint density at radius 3 is 2.69 bits per heavy atom. The number of aromatic nitrogens is 4. The van der Waals surface area contributed by atoms with Gasteiger partial charge in [-0.3, -0.25) is 9.55 Å². The molecule has 9 nitrogen and oxygen atoms in total. The molecule has 32 heavy (non-hydrogen) atoms. The maximum atomic E-state index is 13.0. The topological polar surface area (TPSA) is 107 Å². The Hall–Kier alpha value is -3.50. The first-order valence-corrected chi connectivity index (χ1v) is 10.9. The molecule has 0 spiro atoms. The molecule has 1 N–H and O–H groups in total. The van der Waals surface area contributed by atoms with Gasteiger partial charge in [0.2, 0.25) is 5.62 Å². The van der Waals surface area contributed by atoms with Gasteiger partial charge in [0, 0.05) is 11.6 Å². The number of rotatable bonds is 6. The highest BCUT2D eigenvalue weighted by atomic mass is 35.5. The molecule has 4 rings (SSSR count). The lowest BCUT2D eigenvalue weighted by Crippen LogP contribution is -2.49. The summed E-state index contributed by atoms with van der Waals surface area (Å²) in [7, 11) is 1.47. The molecule has 0 saturated heterocycles. The SMILES string of the molecule is CCn1c(=O)[nH]/c(=N\c2ccc3nc(/C=N\OC)sc3c2)n(Cc2ccc(Cl)cc2)c1=O. The molecule has 0 amide bonds. The second-order valence-electron chi connectivity index (χ2n) is 6.73. The molecule has 0 radical (unpaired) electrons. The van der Waals surface area contributed by atoms with Crippen LogP contribution in [0.1, 0.15) is 17.5 Å². The predicted molar refractivity (Wildman–Crippen MR) is 125 cm³/mol. The maximum absolute atomic E-state index is 13.0. The summed E-state index contributed by atoms with van der Waals surface area (Å²) in [6, 6.07) is 12.6. The molecule has 0 aliphatic rings. The Morgan fingerprint density at radius 1 is 1.19 bits per heavy atom. The normalized spacial score (nSPS) is 12.2. The van der Waals surface area contributed by atoms with Crippen molar-refractivity contribution in [1.29, 1.82) is 0 Å². The van der Waals surface area contributed by atoms with Crippen LogP contribution in [0.4, 0.5) is 5.69 Å². The van der Waals surface area contributed by atoms with E-state index in [0.29, 0.717) is 15.7 Å². The van der Waals surface area contributed by atoms with E-state index in [1.54, 1.807) is 25.1 Å². The monoisotopic (exact) mass is 470 g/mol. The van der Waals surface area contributed by atoms with Gasteiger partial charge in [0.1, 0.15) is 18.3 Å². The van der Waals surface area contributed by atoms with Crippen molar-refractivity contribution >= 4 is 45.1 Å². The number of H-pyrrole nitrogens is 1. The Labute approximate surface area is 190 Å². The number of hydrogen-bond acceptors (Lipinski definition) is 7. The summed E-state index contributed by atoms with van der Waals surface area (Å²) >= 11 is 7.40. The lowest BCUT2D eigenvalue weighted by molar-refractivity contribution is 0.215. The minimum Gasteiger partial charge on any atom is -0.399 e. The molecule has 2 aromatic heterocycles. The van der Waals surface area contributed by atoms with E-state index in [-0.39, 0.29) is 18.7 Å². The first-order chi connectivity index (χ1) is 15.5. The average molecular weight is 471 g/mol. The third-order valence-corrected chi connectivity index (χ3v) is 5.85. The smallest absolute Gasteiger partial charge is 0.335 e. The van der Waals surface area contributed by atoms with Crippen molar-refractivity contribution in [3.63, 3.8) is 0 Å². The molecule has 0 saturated carbocycles. The Bertz CT molecular complexity index is 1480. The Morgan fingerprint density at radius 2 is 1.97 bits per heavy atom. The second-order valence-corrected chi connectivity index (χ2v) is 8.22. The van der Waals surface area contributed by atoms with Crippen LogP contribution in [0, 0.1) is 0 Å². The molecule has 2 heterocycles. The van der Waals surface area contributed by atoms with Gasteiger partial charge in [-0.05, 0) is 42.8 Å². The fourth-order valence-electron chi connectivity index (χ4n) is 3.11. The zero-order valence-corrected chi connectivity index (χ0v) is 18.9. The summed E-state index contributed by atoms with van der Waals surface area (Å²) in [6.07, 6.45) is 1.53. The zero-order valence-electron chi connectivity index (χ0n) is 17.3. The van der Waals surface area contributed by atoms with Crippen LogP contribution in [0.5, 0.6) is 0 Å². The number of fused-ring (bicyclic) bond motifs is 1. The van der Waals surface area contributed by atoms with Crippen molar-refractivity contribution < 1.29 is 4.84 Å². The van der Waals surface area contributed by atoms with Crippen molar-refractivity contribution in [3.8, 4) is 0 Å². The number of hydrogen-bond donors (Lipinski definition) is 1. The lowest BCUT2D eigenvalue weighted by Gasteiger charge is -2.10. The van der Waals surface area contributed by atoms with Crippen molar-refractivity contribution in [2.24, 2.45) is 10.1 Å². The van der Waals surface area contributed by atoms with Crippen molar-refractivity contribution in [3.05, 3.63) is 84.6 Å². The van der Waals surface area contributed by atoms with Gasteiger partial charge < -0.3 is 4.84 Å². The van der Waals surface area contributed by atoms with Crippen LogP contribution in [0.15, 0.2) is 62.2 Å². The van der Waals surface area contributed by atoms with Crippen LogP contribution < -0.4 is 17.0 Å². The van der Waals surface area contributed by atoms with E-state index in [1.807, 2.05) is 24.3 Å². The van der Waals surface area contributed by atoms with Gasteiger partial charge in [0.15, 0.2) is 0 Å². The van der Waals surface area contributed by atoms with Crippen LogP contribution in [-0.4, -0.2) is 32.4 Å². The van der Waals surface area contributed by atoms with E-state index < -0.39 is 11.4 Å². The van der Waals surface area contributed by atoms with Gasteiger partial charge in [-0.15, -0.1) is 11.3 Å². The molecule has 0 bridgehead atoms. The third kappa shape index (κ3) is 4.56. The van der Waals surface area contributed by atoms with E-state index in [0.717, 1.165) is 20.3 Å². The highest BCUT2D eigenvalue weighted by molar-refractivity contribution is 7.20. The molecule has 4 aromatic rings. The summed E-state index contributed by atoms with van der Waals surface area (Å²) in [4.78, 5) is 41.9. The van der Waals surface area contributed by atoms with Crippen molar-refractivity contribution in [2.45, 2.75) is 20.0 Å². The van der Waals surface area contributed by atoms with E-state index in [2.05, 4.69) is 20.1 Å². The number of aromatic amines is 1. The van der Waals surface area contributed by atoms with Crippen LogP contribution in [0.3, 0.4) is 0 Å². The van der Waals surface area contributed by atoms with Gasteiger partial charge in [-0.25, -0.2) is 24.1 Å². The molecular formula is C21H19ClN6O3S. The molecule has 0 fully saturated rings. The van der Waals surface area contributed by atoms with Crippen molar-refractivity contribution in [1.82, 2.24) is 19.1 Å². The van der Waals surface area contributed by atoms with E-state index in [9.17, 15) is 9.59 Å². The minimum absolute atomic E-state index is 0.157. The molecule has 11 heteroatoms. The molecule has 0 aliphatic carbocycles. The third-order valence-electron chi connectivity index (χ3n) is 4.64. The van der Waals surface area contributed by atoms with E-state index in [4.69, 9.17) is 16.4 Å². The molecule has 2 aromatic carbocycles. The van der Waals surface area contributed by atoms with Gasteiger partial charge in [-0.2, -0.15) is 0 Å². The lowest BCUT2D eigenvalue weighted by atomic mass is 10.2. The number of halogens is 1. The Kier molecular flexibility index (Phi) is 6.33. The number of nitrogens with one attached hydrogen (secondary N) is 1. The first-order valence-electron chi connectivity index (χ1n) is 9.68. The molecule has 0 atom stereocenters. The highest BCUT2D eigenvalue weighted by Gasteiger charge is 2.09. The van der Waals surface area contributed by atoms with Crippen LogP contribution in [-0.2, 0) is 17.9 Å². The quantitative estimate of drug-likeness (QED) is 0.345. The minimum atomic E-state index is -0.513. The summed E-state index contributed by atoms with van der Waals surface area (Å²) in [5.74, 6) is 0. The number of oxime groups is 1. The van der Waals surface area contributed by atoms with E-state index in [1.165, 1.54) is 29.2 Å². The fourth-order valence-corrected chi connectivity index (χ4v) is 4.10. The second kappa shape index (κ2) is 9.33. The standard InChI is InChI=1S/C21H19ClN6O3S/c1-3-27-20(29)26-19(28(21(27)30)12-13-4-6-14(22)7-5-13)24-15-8-9-16-17(10-15)32-18(25-16)11-23-31-2/h4-11H,3,12H2,1-2H3,(H,24,26,29)/b23-11-. The van der Waals surface area contributed by atoms with E-state index >= 15 is 0 Å². The average Bonchev–Trinajstić information content (AvgIpc) is 3.18. The molecular weight excluding hydrogens is 452 g/mol. The summed E-state index contributed by atoms with van der Waals surface area (Å²) in [5, 5.41) is 5.02. The molecule has 0 unspecified atom stereocenters. The Balaban J connectivity index is 1.84. The summed E-state index contributed by atoms with van der Waals surface area (Å²) < 4.78 is 3.45. The van der Waals surface area contributed by atoms with Crippen LogP contribution >= 0.6 is 22.9 Å². The van der Waals surface area contributed by atoms with Crippen LogP contribution in [0.25, 0.3) is 10.2 Å². The van der Waals surface area contributed by atoms with Gasteiger partial charge in [-0.1, -0.05) is 28.9 Å². The first kappa shape index (κ1) is 21.7. The van der Waals surface area contributed by atoms with Gasteiger partial charge >= 0.3 is 11.4 Å². The van der Waals surface area contributed by atoms with Crippen molar-refractivity contribution in [2.75, 3.05) is 7.11 Å². The van der Waals surface area contributed by atoms with Crippen LogP contribution in [0.2, 0.25) is 5.02 Å². The number of thiazole rings is 1. The number of nitrogens with zero attached hydrogens (tertiary/aromatic N) is 5. The molecule has 0 aliphatic heterocycles. The van der Waals surface area contributed by atoms with Gasteiger partial charge in [0.05, 0.1) is 22.4 Å². The predicted octanol–water partition coefficient (Wildman–Crippen LogP) is 2.88. The fraction of sp³-hybridized carbons (Fsp3) is 0.190. The highest BCUT2D eigenvalue weighted by Crippen LogP contribution is 2.25. The summed E-state index contributed by atoms with van der Waals surface area (Å²) in [5.41, 5.74) is 1.41. The zero-order chi connectivity index (χ0) is 22.7. The largest absolute Gasteiger partial charge is 0.399 e. The summed E-state index contributed by atoms with van der Waals surface area (Å²) in [6.45, 7) is 2.21. The maximum Gasteiger partial charge on any atom is 0.335 e. The molecule has 164 valence electrons. The number of benzene rings is 2.